The van der Waals surface area contributed by atoms with E-state index in [4.69, 9.17) is 0 Å². The SMILES string of the molecule is CC(=O)N1CCC(C2CCCCN2Cc2ccccn2)CC1. The van der Waals surface area contributed by atoms with Crippen LogP contribution < -0.4 is 0 Å². The standard InChI is InChI=1S/C18H27N3O/c1-15(22)20-12-8-16(9-13-20)18-7-3-5-11-21(18)14-17-6-2-4-10-19-17/h2,4,6,10,16,18H,3,5,7-9,11-14H2,1H3. The molecule has 4 heteroatoms. The number of piperidine rings is 2. The Bertz CT molecular complexity index is 482. The van der Waals surface area contributed by atoms with Crippen molar-refractivity contribution in [3.63, 3.8) is 0 Å². The van der Waals surface area contributed by atoms with Crippen LogP contribution in [0.4, 0.5) is 0 Å². The number of amides is 1. The summed E-state index contributed by atoms with van der Waals surface area (Å²) in [6, 6.07) is 6.86. The third kappa shape index (κ3) is 3.67. The van der Waals surface area contributed by atoms with E-state index in [1.54, 1.807) is 6.92 Å². The number of carbonyl (C=O) groups is 1. The van der Waals surface area contributed by atoms with Crippen LogP contribution >= 0.6 is 0 Å². The van der Waals surface area contributed by atoms with Gasteiger partial charge < -0.3 is 4.90 Å². The first kappa shape index (κ1) is 15.5. The molecule has 0 saturated carbocycles. The third-order valence-electron chi connectivity index (χ3n) is 5.28. The predicted molar refractivity (Wildman–Crippen MR) is 87.3 cm³/mol. The Kier molecular flexibility index (Phi) is 5.08. The minimum atomic E-state index is 0.229. The van der Waals surface area contributed by atoms with Gasteiger partial charge >= 0.3 is 0 Å². The summed E-state index contributed by atoms with van der Waals surface area (Å²) in [5, 5.41) is 0. The molecule has 0 spiro atoms. The molecule has 22 heavy (non-hydrogen) atoms. The highest BCUT2D eigenvalue weighted by molar-refractivity contribution is 5.73. The van der Waals surface area contributed by atoms with Gasteiger partial charge in [0.25, 0.3) is 0 Å². The molecule has 2 aliphatic heterocycles. The molecule has 2 aliphatic rings. The molecule has 4 nitrogen and oxygen atoms in total. The zero-order valence-electron chi connectivity index (χ0n) is 13.6. The summed E-state index contributed by atoms with van der Waals surface area (Å²) in [4.78, 5) is 20.6. The van der Waals surface area contributed by atoms with Gasteiger partial charge in [0.05, 0.1) is 5.69 Å². The minimum Gasteiger partial charge on any atom is -0.343 e. The van der Waals surface area contributed by atoms with Crippen LogP contribution in [0.3, 0.4) is 0 Å². The number of carbonyl (C=O) groups excluding carboxylic acids is 1. The predicted octanol–water partition coefficient (Wildman–Crippen LogP) is 2.69. The number of likely N-dealkylation sites (tertiary alicyclic amines) is 2. The van der Waals surface area contributed by atoms with E-state index in [0.717, 1.165) is 38.4 Å². The molecule has 1 amide bonds. The minimum absolute atomic E-state index is 0.229. The van der Waals surface area contributed by atoms with Crippen LogP contribution in [0.2, 0.25) is 0 Å². The second-order valence-electron chi connectivity index (χ2n) is 6.70. The van der Waals surface area contributed by atoms with Gasteiger partial charge in [0.15, 0.2) is 0 Å². The van der Waals surface area contributed by atoms with Gasteiger partial charge in [-0.1, -0.05) is 12.5 Å². The van der Waals surface area contributed by atoms with E-state index in [1.807, 2.05) is 17.2 Å². The van der Waals surface area contributed by atoms with Gasteiger partial charge in [0.2, 0.25) is 5.91 Å². The first-order valence-electron chi connectivity index (χ1n) is 8.63. The molecule has 1 unspecified atom stereocenters. The third-order valence-corrected chi connectivity index (χ3v) is 5.28. The molecular formula is C18H27N3O. The van der Waals surface area contributed by atoms with E-state index in [0.29, 0.717) is 6.04 Å². The lowest BCUT2D eigenvalue weighted by molar-refractivity contribution is -0.130. The highest BCUT2D eigenvalue weighted by Crippen LogP contribution is 2.31. The fourth-order valence-electron chi connectivity index (χ4n) is 4.05. The largest absolute Gasteiger partial charge is 0.343 e. The second-order valence-corrected chi connectivity index (χ2v) is 6.70. The average molecular weight is 301 g/mol. The number of aromatic nitrogens is 1. The Hall–Kier alpha value is -1.42. The molecule has 0 radical (unpaired) electrons. The quantitative estimate of drug-likeness (QED) is 0.861. The number of hydrogen-bond donors (Lipinski definition) is 0. The molecule has 0 N–H and O–H groups in total. The maximum absolute atomic E-state index is 11.5. The first-order chi connectivity index (χ1) is 10.7. The van der Waals surface area contributed by atoms with Crippen LogP contribution in [0.15, 0.2) is 24.4 Å². The molecule has 1 aromatic rings. The van der Waals surface area contributed by atoms with E-state index in [2.05, 4.69) is 22.0 Å². The number of rotatable bonds is 3. The highest BCUT2D eigenvalue weighted by atomic mass is 16.2. The van der Waals surface area contributed by atoms with Gasteiger partial charge in [-0.2, -0.15) is 0 Å². The zero-order valence-corrected chi connectivity index (χ0v) is 13.6. The molecule has 3 rings (SSSR count). The number of hydrogen-bond acceptors (Lipinski definition) is 3. The molecule has 2 saturated heterocycles. The molecule has 2 fully saturated rings. The Labute approximate surface area is 133 Å². The first-order valence-corrected chi connectivity index (χ1v) is 8.63. The van der Waals surface area contributed by atoms with Crippen molar-refractivity contribution in [1.29, 1.82) is 0 Å². The van der Waals surface area contributed by atoms with Crippen molar-refractivity contribution in [3.8, 4) is 0 Å². The van der Waals surface area contributed by atoms with E-state index in [-0.39, 0.29) is 5.91 Å². The lowest BCUT2D eigenvalue weighted by atomic mass is 9.83. The fourth-order valence-corrected chi connectivity index (χ4v) is 4.05. The Balaban J connectivity index is 1.62. The summed E-state index contributed by atoms with van der Waals surface area (Å²) in [5.74, 6) is 0.965. The zero-order chi connectivity index (χ0) is 15.4. The molecular weight excluding hydrogens is 274 g/mol. The van der Waals surface area contributed by atoms with Gasteiger partial charge in [0, 0.05) is 38.8 Å². The van der Waals surface area contributed by atoms with Gasteiger partial charge in [-0.05, 0) is 50.3 Å². The van der Waals surface area contributed by atoms with Gasteiger partial charge in [-0.3, -0.25) is 14.7 Å². The molecule has 3 heterocycles. The average Bonchev–Trinajstić information content (AvgIpc) is 2.56. The van der Waals surface area contributed by atoms with Gasteiger partial charge in [-0.15, -0.1) is 0 Å². The number of nitrogens with zero attached hydrogens (tertiary/aromatic N) is 3. The van der Waals surface area contributed by atoms with Crippen LogP contribution in [-0.2, 0) is 11.3 Å². The smallest absolute Gasteiger partial charge is 0.219 e. The van der Waals surface area contributed by atoms with Crippen molar-refractivity contribution >= 4 is 5.91 Å². The number of pyridine rings is 1. The maximum Gasteiger partial charge on any atom is 0.219 e. The van der Waals surface area contributed by atoms with E-state index in [1.165, 1.54) is 31.5 Å². The Morgan fingerprint density at radius 2 is 2.00 bits per heavy atom. The van der Waals surface area contributed by atoms with Crippen molar-refractivity contribution in [2.75, 3.05) is 19.6 Å². The molecule has 0 aromatic carbocycles. The molecule has 1 aromatic heterocycles. The summed E-state index contributed by atoms with van der Waals surface area (Å²) in [7, 11) is 0. The van der Waals surface area contributed by atoms with Crippen LogP contribution in [0, 0.1) is 5.92 Å². The van der Waals surface area contributed by atoms with Crippen LogP contribution in [0.5, 0.6) is 0 Å². The Morgan fingerprint density at radius 1 is 1.18 bits per heavy atom. The summed E-state index contributed by atoms with van der Waals surface area (Å²) >= 11 is 0. The molecule has 0 bridgehead atoms. The maximum atomic E-state index is 11.5. The second kappa shape index (κ2) is 7.23. The van der Waals surface area contributed by atoms with Crippen molar-refractivity contribution < 1.29 is 4.79 Å². The van der Waals surface area contributed by atoms with E-state index in [9.17, 15) is 4.79 Å². The van der Waals surface area contributed by atoms with Crippen molar-refractivity contribution in [2.24, 2.45) is 5.92 Å². The van der Waals surface area contributed by atoms with Gasteiger partial charge in [0.1, 0.15) is 0 Å². The van der Waals surface area contributed by atoms with Gasteiger partial charge in [-0.25, -0.2) is 0 Å². The molecule has 0 aliphatic carbocycles. The fraction of sp³-hybridized carbons (Fsp3) is 0.667. The summed E-state index contributed by atoms with van der Waals surface area (Å²) in [5.41, 5.74) is 1.18. The lowest BCUT2D eigenvalue weighted by Crippen LogP contribution is -2.48. The Morgan fingerprint density at radius 3 is 2.68 bits per heavy atom. The molecule has 120 valence electrons. The monoisotopic (exact) mass is 301 g/mol. The highest BCUT2D eigenvalue weighted by Gasteiger charge is 2.32. The van der Waals surface area contributed by atoms with E-state index < -0.39 is 0 Å². The van der Waals surface area contributed by atoms with Crippen LogP contribution in [0.25, 0.3) is 0 Å². The van der Waals surface area contributed by atoms with Crippen molar-refractivity contribution in [2.45, 2.75) is 51.6 Å². The lowest BCUT2D eigenvalue weighted by Gasteiger charge is -2.43. The van der Waals surface area contributed by atoms with Crippen LogP contribution in [0.1, 0.15) is 44.7 Å². The normalized spacial score (nSPS) is 24.4. The van der Waals surface area contributed by atoms with E-state index >= 15 is 0 Å². The van der Waals surface area contributed by atoms with Crippen molar-refractivity contribution in [3.05, 3.63) is 30.1 Å². The summed E-state index contributed by atoms with van der Waals surface area (Å²) < 4.78 is 0. The summed E-state index contributed by atoms with van der Waals surface area (Å²) in [6.45, 7) is 5.72. The van der Waals surface area contributed by atoms with Crippen LogP contribution in [-0.4, -0.2) is 46.4 Å². The van der Waals surface area contributed by atoms with Crippen molar-refractivity contribution in [1.82, 2.24) is 14.8 Å². The summed E-state index contributed by atoms with van der Waals surface area (Å²) in [6.07, 6.45) is 8.15. The molecule has 1 atom stereocenters. The topological polar surface area (TPSA) is 36.4 Å².